The lowest BCUT2D eigenvalue weighted by Gasteiger charge is -2.12. The van der Waals surface area contributed by atoms with Crippen molar-refractivity contribution in [2.75, 3.05) is 5.32 Å². The third-order valence-electron chi connectivity index (χ3n) is 3.22. The Morgan fingerprint density at radius 2 is 1.96 bits per heavy atom. The first-order valence-corrected chi connectivity index (χ1v) is 8.41. The first-order valence-electron chi connectivity index (χ1n) is 7.59. The minimum Gasteiger partial charge on any atom is -0.341 e. The average molecular weight is 332 g/mol. The van der Waals surface area contributed by atoms with Crippen molar-refractivity contribution in [1.82, 2.24) is 15.5 Å². The summed E-state index contributed by atoms with van der Waals surface area (Å²) < 4.78 is 0. The number of aryl methyl sites for hydroxylation is 1. The standard InChI is InChI=1S/C16H20N4O2S/c1-3-4-10-13-19-20-16(23-13)18-14(21)11(2)17-15(22)12-8-6-5-7-9-12/h5-9,11H,3-4,10H2,1-2H3,(H,17,22)(H,18,20,21). The molecule has 1 atom stereocenters. The van der Waals surface area contributed by atoms with Gasteiger partial charge in [-0.25, -0.2) is 0 Å². The number of aromatic nitrogens is 2. The van der Waals surface area contributed by atoms with Gasteiger partial charge in [0.15, 0.2) is 0 Å². The van der Waals surface area contributed by atoms with Gasteiger partial charge in [0.2, 0.25) is 11.0 Å². The van der Waals surface area contributed by atoms with Gasteiger partial charge in [0.1, 0.15) is 11.0 Å². The topological polar surface area (TPSA) is 84.0 Å². The normalized spacial score (nSPS) is 11.7. The van der Waals surface area contributed by atoms with Crippen molar-refractivity contribution in [3.8, 4) is 0 Å². The number of nitrogens with zero attached hydrogens (tertiary/aromatic N) is 2. The van der Waals surface area contributed by atoms with E-state index >= 15 is 0 Å². The summed E-state index contributed by atoms with van der Waals surface area (Å²) in [7, 11) is 0. The van der Waals surface area contributed by atoms with Crippen LogP contribution in [0.3, 0.4) is 0 Å². The van der Waals surface area contributed by atoms with E-state index < -0.39 is 6.04 Å². The average Bonchev–Trinajstić information content (AvgIpc) is 3.01. The molecule has 0 radical (unpaired) electrons. The summed E-state index contributed by atoms with van der Waals surface area (Å²) in [6.07, 6.45) is 3.00. The van der Waals surface area contributed by atoms with Gasteiger partial charge < -0.3 is 5.32 Å². The van der Waals surface area contributed by atoms with Crippen LogP contribution in [0.25, 0.3) is 0 Å². The summed E-state index contributed by atoms with van der Waals surface area (Å²) in [4.78, 5) is 24.1. The second-order valence-electron chi connectivity index (χ2n) is 5.15. The molecule has 6 nitrogen and oxygen atoms in total. The monoisotopic (exact) mass is 332 g/mol. The number of nitrogens with one attached hydrogen (secondary N) is 2. The van der Waals surface area contributed by atoms with Crippen LogP contribution in [0.1, 0.15) is 42.1 Å². The van der Waals surface area contributed by atoms with Crippen LogP contribution in [-0.2, 0) is 11.2 Å². The molecule has 122 valence electrons. The second kappa shape index (κ2) is 8.38. The molecular formula is C16H20N4O2S. The maximum absolute atomic E-state index is 12.1. The molecule has 2 N–H and O–H groups in total. The molecule has 0 bridgehead atoms. The number of rotatable bonds is 7. The number of hydrogen-bond acceptors (Lipinski definition) is 5. The third kappa shape index (κ3) is 5.14. The predicted octanol–water partition coefficient (Wildman–Crippen LogP) is 2.64. The number of amides is 2. The van der Waals surface area contributed by atoms with Crippen molar-refractivity contribution in [3.05, 3.63) is 40.9 Å². The smallest absolute Gasteiger partial charge is 0.251 e. The van der Waals surface area contributed by atoms with E-state index in [0.29, 0.717) is 10.7 Å². The predicted molar refractivity (Wildman–Crippen MR) is 90.5 cm³/mol. The minimum absolute atomic E-state index is 0.283. The number of carbonyl (C=O) groups is 2. The molecule has 2 amide bonds. The Morgan fingerprint density at radius 3 is 2.65 bits per heavy atom. The molecule has 1 unspecified atom stereocenters. The van der Waals surface area contributed by atoms with Gasteiger partial charge in [-0.05, 0) is 25.5 Å². The van der Waals surface area contributed by atoms with Crippen LogP contribution in [-0.4, -0.2) is 28.1 Å². The van der Waals surface area contributed by atoms with E-state index in [9.17, 15) is 9.59 Å². The van der Waals surface area contributed by atoms with E-state index in [1.165, 1.54) is 11.3 Å². The minimum atomic E-state index is -0.661. The first-order chi connectivity index (χ1) is 11.1. The van der Waals surface area contributed by atoms with Crippen molar-refractivity contribution in [1.29, 1.82) is 0 Å². The van der Waals surface area contributed by atoms with E-state index in [-0.39, 0.29) is 11.8 Å². The van der Waals surface area contributed by atoms with Crippen molar-refractivity contribution in [2.45, 2.75) is 39.2 Å². The van der Waals surface area contributed by atoms with Crippen molar-refractivity contribution in [2.24, 2.45) is 0 Å². The highest BCUT2D eigenvalue weighted by Gasteiger charge is 2.18. The number of hydrogen-bond donors (Lipinski definition) is 2. The Morgan fingerprint density at radius 1 is 1.22 bits per heavy atom. The number of unbranched alkanes of at least 4 members (excludes halogenated alkanes) is 1. The van der Waals surface area contributed by atoms with Crippen LogP contribution < -0.4 is 10.6 Å². The molecule has 1 heterocycles. The zero-order valence-electron chi connectivity index (χ0n) is 13.2. The van der Waals surface area contributed by atoms with Gasteiger partial charge in [-0.2, -0.15) is 0 Å². The van der Waals surface area contributed by atoms with Crippen LogP contribution >= 0.6 is 11.3 Å². The van der Waals surface area contributed by atoms with Gasteiger partial charge in [-0.3, -0.25) is 14.9 Å². The second-order valence-corrected chi connectivity index (χ2v) is 6.22. The molecule has 0 fully saturated rings. The highest BCUT2D eigenvalue weighted by atomic mass is 32.1. The van der Waals surface area contributed by atoms with Gasteiger partial charge in [0.05, 0.1) is 0 Å². The molecule has 1 aromatic carbocycles. The Labute approximate surface area is 139 Å². The quantitative estimate of drug-likeness (QED) is 0.816. The molecule has 7 heteroatoms. The van der Waals surface area contributed by atoms with E-state index in [1.807, 2.05) is 6.07 Å². The van der Waals surface area contributed by atoms with Crippen molar-refractivity contribution >= 4 is 28.3 Å². The zero-order valence-corrected chi connectivity index (χ0v) is 14.0. The fourth-order valence-electron chi connectivity index (χ4n) is 1.88. The summed E-state index contributed by atoms with van der Waals surface area (Å²) in [6.45, 7) is 3.75. The van der Waals surface area contributed by atoms with Crippen LogP contribution in [0.4, 0.5) is 5.13 Å². The largest absolute Gasteiger partial charge is 0.341 e. The summed E-state index contributed by atoms with van der Waals surface area (Å²) in [5.41, 5.74) is 0.518. The lowest BCUT2D eigenvalue weighted by Crippen LogP contribution is -2.41. The van der Waals surface area contributed by atoms with Crippen LogP contribution in [0.2, 0.25) is 0 Å². The fraction of sp³-hybridized carbons (Fsp3) is 0.375. The molecule has 0 aliphatic heterocycles. The molecule has 0 aliphatic rings. The van der Waals surface area contributed by atoms with Gasteiger partial charge in [0, 0.05) is 12.0 Å². The van der Waals surface area contributed by atoms with Crippen LogP contribution in [0, 0.1) is 0 Å². The summed E-state index contributed by atoms with van der Waals surface area (Å²) in [5.74, 6) is -0.596. The molecule has 0 spiro atoms. The Bertz CT molecular complexity index is 657. The summed E-state index contributed by atoms with van der Waals surface area (Å²) in [6, 6.07) is 8.12. The summed E-state index contributed by atoms with van der Waals surface area (Å²) >= 11 is 1.37. The molecule has 2 aromatic rings. The van der Waals surface area contributed by atoms with Crippen LogP contribution in [0.15, 0.2) is 30.3 Å². The van der Waals surface area contributed by atoms with Gasteiger partial charge in [0.25, 0.3) is 5.91 Å². The molecule has 23 heavy (non-hydrogen) atoms. The number of anilines is 1. The lowest BCUT2D eigenvalue weighted by atomic mass is 10.2. The zero-order chi connectivity index (χ0) is 16.7. The van der Waals surface area contributed by atoms with Gasteiger partial charge in [-0.1, -0.05) is 42.9 Å². The maximum atomic E-state index is 12.1. The van der Waals surface area contributed by atoms with Gasteiger partial charge >= 0.3 is 0 Å². The number of carbonyl (C=O) groups excluding carboxylic acids is 2. The fourth-order valence-corrected chi connectivity index (χ4v) is 2.67. The molecule has 1 aromatic heterocycles. The molecule has 0 saturated heterocycles. The van der Waals surface area contributed by atoms with E-state index in [0.717, 1.165) is 24.3 Å². The van der Waals surface area contributed by atoms with E-state index in [1.54, 1.807) is 31.2 Å². The Balaban J connectivity index is 1.87. The van der Waals surface area contributed by atoms with Crippen molar-refractivity contribution in [3.63, 3.8) is 0 Å². The van der Waals surface area contributed by atoms with Crippen molar-refractivity contribution < 1.29 is 9.59 Å². The molecule has 0 saturated carbocycles. The lowest BCUT2D eigenvalue weighted by molar-refractivity contribution is -0.117. The Kier molecular flexibility index (Phi) is 6.22. The first kappa shape index (κ1) is 17.1. The van der Waals surface area contributed by atoms with Gasteiger partial charge in [-0.15, -0.1) is 10.2 Å². The SMILES string of the molecule is CCCCc1nnc(NC(=O)C(C)NC(=O)c2ccccc2)s1. The van der Waals surface area contributed by atoms with Crippen LogP contribution in [0.5, 0.6) is 0 Å². The highest BCUT2D eigenvalue weighted by Crippen LogP contribution is 2.17. The van der Waals surface area contributed by atoms with E-state index in [4.69, 9.17) is 0 Å². The highest BCUT2D eigenvalue weighted by molar-refractivity contribution is 7.15. The number of benzene rings is 1. The summed E-state index contributed by atoms with van der Waals surface area (Å²) in [5, 5.41) is 14.7. The Hall–Kier alpha value is -2.28. The molecule has 2 rings (SSSR count). The molecule has 0 aliphatic carbocycles. The maximum Gasteiger partial charge on any atom is 0.251 e. The van der Waals surface area contributed by atoms with E-state index in [2.05, 4.69) is 27.8 Å². The third-order valence-corrected chi connectivity index (χ3v) is 4.12. The molecular weight excluding hydrogens is 312 g/mol.